The zero-order chi connectivity index (χ0) is 17.6. The van der Waals surface area contributed by atoms with Crippen LogP contribution in [0.1, 0.15) is 27.2 Å². The summed E-state index contributed by atoms with van der Waals surface area (Å²) >= 11 is 3.44. The van der Waals surface area contributed by atoms with Gasteiger partial charge in [0.1, 0.15) is 11.6 Å². The van der Waals surface area contributed by atoms with E-state index in [4.69, 9.17) is 4.74 Å². The Bertz CT molecular complexity index is 854. The molecule has 0 radical (unpaired) electrons. The third-order valence-electron chi connectivity index (χ3n) is 4.26. The van der Waals surface area contributed by atoms with Crippen LogP contribution in [0.25, 0.3) is 0 Å². The first-order valence-electron chi connectivity index (χ1n) is 7.38. The summed E-state index contributed by atoms with van der Waals surface area (Å²) in [4.78, 5) is 18.4. The largest absolute Gasteiger partial charge is 0.496 e. The number of fused-ring (bicyclic) bond motifs is 1. The predicted octanol–water partition coefficient (Wildman–Crippen LogP) is 3.94. The number of carbonyl (C=O) groups is 1. The van der Waals surface area contributed by atoms with Gasteiger partial charge >= 0.3 is 0 Å². The molecule has 5 nitrogen and oxygen atoms in total. The van der Waals surface area contributed by atoms with Crippen LogP contribution >= 0.6 is 15.9 Å². The molecule has 1 aliphatic heterocycles. The number of methoxy groups -OCH3 is 1. The fourth-order valence-corrected chi connectivity index (χ4v) is 3.27. The van der Waals surface area contributed by atoms with Crippen LogP contribution in [0.15, 0.2) is 16.7 Å². The van der Waals surface area contributed by atoms with Crippen molar-refractivity contribution < 1.29 is 13.9 Å². The molecule has 2 aromatic rings. The molecule has 7 heteroatoms. The van der Waals surface area contributed by atoms with E-state index in [-0.39, 0.29) is 11.7 Å². The number of hydrogen-bond acceptors (Lipinski definition) is 4. The van der Waals surface area contributed by atoms with Gasteiger partial charge in [0.2, 0.25) is 0 Å². The number of amides is 1. The molecule has 0 saturated heterocycles. The highest BCUT2D eigenvalue weighted by atomic mass is 79.9. The van der Waals surface area contributed by atoms with Crippen LogP contribution in [0, 0.1) is 19.7 Å². The Hall–Kier alpha value is -2.15. The molecule has 0 aliphatic carbocycles. The number of nitrogens with one attached hydrogen (secondary N) is 1. The van der Waals surface area contributed by atoms with Gasteiger partial charge in [-0.25, -0.2) is 4.39 Å². The fourth-order valence-electron chi connectivity index (χ4n) is 2.87. The highest BCUT2D eigenvalue weighted by molar-refractivity contribution is 9.10. The fraction of sp³-hybridized carbons (Fsp3) is 0.294. The molecule has 0 bridgehead atoms. The quantitative estimate of drug-likeness (QED) is 0.857. The molecule has 1 aromatic heterocycles. The first kappa shape index (κ1) is 16.7. The summed E-state index contributed by atoms with van der Waals surface area (Å²) in [6.07, 6.45) is 1.65. The second-order valence-corrected chi connectivity index (χ2v) is 6.63. The van der Waals surface area contributed by atoms with Crippen molar-refractivity contribution in [3.8, 4) is 5.75 Å². The number of carbonyl (C=O) groups excluding carboxylic acids is 1. The van der Waals surface area contributed by atoms with Gasteiger partial charge in [0.25, 0.3) is 5.91 Å². The average Bonchev–Trinajstić information content (AvgIpc) is 2.84. The Morgan fingerprint density at radius 2 is 2.04 bits per heavy atom. The minimum absolute atomic E-state index is 0.111. The molecule has 0 spiro atoms. The minimum Gasteiger partial charge on any atom is -0.496 e. The Morgan fingerprint density at radius 3 is 2.71 bits per heavy atom. The molecule has 1 aromatic carbocycles. The van der Waals surface area contributed by atoms with Gasteiger partial charge in [0, 0.05) is 30.4 Å². The van der Waals surface area contributed by atoms with Crippen molar-refractivity contribution in [3.05, 3.63) is 44.9 Å². The molecule has 24 heavy (non-hydrogen) atoms. The summed E-state index contributed by atoms with van der Waals surface area (Å²) in [7, 11) is 3.23. The monoisotopic (exact) mass is 393 g/mol. The van der Waals surface area contributed by atoms with Crippen molar-refractivity contribution in [2.75, 3.05) is 19.5 Å². The Morgan fingerprint density at radius 1 is 1.33 bits per heavy atom. The summed E-state index contributed by atoms with van der Waals surface area (Å²) in [5, 5.41) is 3.22. The molecule has 0 atom stereocenters. The van der Waals surface area contributed by atoms with Crippen molar-refractivity contribution >= 4 is 33.2 Å². The maximum Gasteiger partial charge on any atom is 0.258 e. The normalized spacial score (nSPS) is 13.2. The summed E-state index contributed by atoms with van der Waals surface area (Å²) in [5.41, 5.74) is 3.62. The summed E-state index contributed by atoms with van der Waals surface area (Å²) in [5.74, 6) is -0.0314. The van der Waals surface area contributed by atoms with Gasteiger partial charge in [-0.05, 0) is 29.8 Å². The zero-order valence-corrected chi connectivity index (χ0v) is 15.4. The smallest absolute Gasteiger partial charge is 0.258 e. The standard InChI is InChI=1S/C17H17BrFN3O2/c1-8-11(19)5-13(24-4)9(2)15(8)21-16-10(18)6-20-12-7-22(3)17(23)14(12)16/h5-6H,7H2,1-4H3,(H,20,21). The second kappa shape index (κ2) is 6.05. The van der Waals surface area contributed by atoms with Crippen molar-refractivity contribution in [1.82, 2.24) is 9.88 Å². The van der Waals surface area contributed by atoms with Crippen LogP contribution < -0.4 is 10.1 Å². The highest BCUT2D eigenvalue weighted by Crippen LogP contribution is 2.39. The average molecular weight is 394 g/mol. The third-order valence-corrected chi connectivity index (χ3v) is 4.87. The number of nitrogens with zero attached hydrogens (tertiary/aromatic N) is 2. The molecular formula is C17H17BrFN3O2. The number of ether oxygens (including phenoxy) is 1. The number of rotatable bonds is 3. The maximum atomic E-state index is 14.2. The number of aromatic nitrogens is 1. The van der Waals surface area contributed by atoms with Gasteiger partial charge in [0.15, 0.2) is 0 Å². The SMILES string of the molecule is COc1cc(F)c(C)c(Nc2c(Br)cnc3c2C(=O)N(C)C3)c1C. The van der Waals surface area contributed by atoms with Gasteiger partial charge < -0.3 is 15.0 Å². The van der Waals surface area contributed by atoms with Crippen LogP contribution in [0.2, 0.25) is 0 Å². The van der Waals surface area contributed by atoms with Crippen molar-refractivity contribution in [1.29, 1.82) is 0 Å². The number of benzene rings is 1. The van der Waals surface area contributed by atoms with E-state index in [0.717, 1.165) is 5.56 Å². The van der Waals surface area contributed by atoms with E-state index in [1.165, 1.54) is 13.2 Å². The van der Waals surface area contributed by atoms with Crippen LogP contribution in [0.5, 0.6) is 5.75 Å². The van der Waals surface area contributed by atoms with Crippen molar-refractivity contribution in [2.45, 2.75) is 20.4 Å². The lowest BCUT2D eigenvalue weighted by Gasteiger charge is -2.18. The lowest BCUT2D eigenvalue weighted by molar-refractivity contribution is 0.0817. The van der Waals surface area contributed by atoms with Crippen molar-refractivity contribution in [3.63, 3.8) is 0 Å². The molecule has 1 amide bonds. The highest BCUT2D eigenvalue weighted by Gasteiger charge is 2.30. The number of halogens is 2. The number of pyridine rings is 1. The van der Waals surface area contributed by atoms with E-state index in [1.54, 1.807) is 25.1 Å². The van der Waals surface area contributed by atoms with Gasteiger partial charge in [-0.1, -0.05) is 0 Å². The van der Waals surface area contributed by atoms with Crippen molar-refractivity contribution in [2.24, 2.45) is 0 Å². The topological polar surface area (TPSA) is 54.5 Å². The van der Waals surface area contributed by atoms with E-state index in [2.05, 4.69) is 26.2 Å². The maximum absolute atomic E-state index is 14.2. The summed E-state index contributed by atoms with van der Waals surface area (Å²) in [6, 6.07) is 1.36. The summed E-state index contributed by atoms with van der Waals surface area (Å²) < 4.78 is 20.1. The first-order valence-corrected chi connectivity index (χ1v) is 8.18. The third kappa shape index (κ3) is 2.53. The van der Waals surface area contributed by atoms with E-state index >= 15 is 0 Å². The predicted molar refractivity (Wildman–Crippen MR) is 93.4 cm³/mol. The van der Waals surface area contributed by atoms with Crippen LogP contribution in [0.4, 0.5) is 15.8 Å². The van der Waals surface area contributed by atoms with E-state index < -0.39 is 0 Å². The number of hydrogen-bond donors (Lipinski definition) is 1. The van der Waals surface area contributed by atoms with Crippen LogP contribution in [-0.2, 0) is 6.54 Å². The van der Waals surface area contributed by atoms with E-state index in [1.807, 2.05) is 6.92 Å². The molecule has 1 aliphatic rings. The van der Waals surface area contributed by atoms with Gasteiger partial charge in [-0.15, -0.1) is 0 Å². The lowest BCUT2D eigenvalue weighted by atomic mass is 10.1. The molecule has 126 valence electrons. The molecule has 1 N–H and O–H groups in total. The Labute approximate surface area is 148 Å². The van der Waals surface area contributed by atoms with Gasteiger partial charge in [-0.2, -0.15) is 0 Å². The zero-order valence-electron chi connectivity index (χ0n) is 13.8. The van der Waals surface area contributed by atoms with Crippen LogP contribution in [0.3, 0.4) is 0 Å². The van der Waals surface area contributed by atoms with Gasteiger partial charge in [-0.3, -0.25) is 9.78 Å². The molecule has 0 unspecified atom stereocenters. The molecular weight excluding hydrogens is 377 g/mol. The molecule has 0 saturated carbocycles. The second-order valence-electron chi connectivity index (χ2n) is 5.77. The molecule has 2 heterocycles. The molecule has 3 rings (SSSR count). The van der Waals surface area contributed by atoms with E-state index in [0.29, 0.717) is 45.0 Å². The Balaban J connectivity index is 2.17. The van der Waals surface area contributed by atoms with E-state index in [9.17, 15) is 9.18 Å². The first-order chi connectivity index (χ1) is 11.3. The lowest BCUT2D eigenvalue weighted by Crippen LogP contribution is -2.18. The Kier molecular flexibility index (Phi) is 4.21. The molecule has 0 fully saturated rings. The minimum atomic E-state index is -0.370. The summed E-state index contributed by atoms with van der Waals surface area (Å²) in [6.45, 7) is 3.99. The van der Waals surface area contributed by atoms with Crippen LogP contribution in [-0.4, -0.2) is 29.9 Å². The van der Waals surface area contributed by atoms with Gasteiger partial charge in [0.05, 0.1) is 40.8 Å². The number of anilines is 2.